The second kappa shape index (κ2) is 5.31. The van der Waals surface area contributed by atoms with Crippen molar-refractivity contribution in [1.29, 1.82) is 0 Å². The van der Waals surface area contributed by atoms with E-state index in [0.717, 1.165) is 30.5 Å². The van der Waals surface area contributed by atoms with Crippen molar-refractivity contribution in [2.45, 2.75) is 25.2 Å². The third kappa shape index (κ3) is 2.44. The summed E-state index contributed by atoms with van der Waals surface area (Å²) in [6, 6.07) is 5.19. The molecule has 2 nitrogen and oxygen atoms in total. The largest absolute Gasteiger partial charge is 0.293 e. The van der Waals surface area contributed by atoms with E-state index < -0.39 is 29.2 Å². The average Bonchev–Trinajstić information content (AvgIpc) is 2.51. The molecule has 0 amide bonds. The second-order valence-electron chi connectivity index (χ2n) is 5.11. The predicted octanol–water partition coefficient (Wildman–Crippen LogP) is 3.80. The van der Waals surface area contributed by atoms with Crippen molar-refractivity contribution < 1.29 is 18.0 Å². The third-order valence-electron chi connectivity index (χ3n) is 3.78. The number of hydrogen-bond donors (Lipinski definition) is 0. The van der Waals surface area contributed by atoms with Gasteiger partial charge in [-0.2, -0.15) is 0 Å². The maximum atomic E-state index is 13.3. The lowest BCUT2D eigenvalue weighted by atomic mass is 9.82. The van der Waals surface area contributed by atoms with Crippen LogP contribution in [-0.4, -0.2) is 10.8 Å². The number of halogens is 3. The summed E-state index contributed by atoms with van der Waals surface area (Å²) in [7, 11) is 0. The number of benzene rings is 1. The van der Waals surface area contributed by atoms with Crippen molar-refractivity contribution in [3.8, 4) is 0 Å². The summed E-state index contributed by atoms with van der Waals surface area (Å²) < 4.78 is 39.5. The summed E-state index contributed by atoms with van der Waals surface area (Å²) in [6.45, 7) is 0. The van der Waals surface area contributed by atoms with E-state index in [-0.39, 0.29) is 5.56 Å². The highest BCUT2D eigenvalue weighted by molar-refractivity contribution is 6.01. The Labute approximate surface area is 119 Å². The van der Waals surface area contributed by atoms with Crippen molar-refractivity contribution in [3.05, 3.63) is 64.7 Å². The highest BCUT2D eigenvalue weighted by Gasteiger charge is 2.29. The van der Waals surface area contributed by atoms with Crippen molar-refractivity contribution in [2.75, 3.05) is 0 Å². The van der Waals surface area contributed by atoms with Gasteiger partial charge in [0.25, 0.3) is 0 Å². The molecule has 2 aromatic rings. The first kappa shape index (κ1) is 13.8. The molecule has 0 aliphatic heterocycles. The first-order chi connectivity index (χ1) is 10.1. The summed E-state index contributed by atoms with van der Waals surface area (Å²) in [4.78, 5) is 16.7. The molecule has 0 bridgehead atoms. The Kier molecular flexibility index (Phi) is 3.49. The van der Waals surface area contributed by atoms with E-state index in [1.54, 1.807) is 12.3 Å². The van der Waals surface area contributed by atoms with Crippen LogP contribution in [0.25, 0.3) is 0 Å². The number of ketones is 1. The molecule has 1 unspecified atom stereocenters. The number of carbonyl (C=O) groups is 1. The van der Waals surface area contributed by atoms with Crippen LogP contribution in [0.1, 0.15) is 40.4 Å². The molecule has 1 aliphatic carbocycles. The Morgan fingerprint density at radius 3 is 2.62 bits per heavy atom. The Hall–Kier alpha value is -2.17. The lowest BCUT2D eigenvalue weighted by molar-refractivity contribution is 0.0947. The smallest absolute Gasteiger partial charge is 0.194 e. The van der Waals surface area contributed by atoms with E-state index in [2.05, 4.69) is 4.98 Å². The van der Waals surface area contributed by atoms with Crippen molar-refractivity contribution in [3.63, 3.8) is 0 Å². The highest BCUT2D eigenvalue weighted by Crippen LogP contribution is 2.33. The Balaban J connectivity index is 2.00. The molecule has 1 aromatic heterocycles. The van der Waals surface area contributed by atoms with Gasteiger partial charge in [-0.3, -0.25) is 9.78 Å². The minimum atomic E-state index is -1.56. The number of nitrogens with zero attached hydrogens (tertiary/aromatic N) is 1. The van der Waals surface area contributed by atoms with E-state index in [4.69, 9.17) is 0 Å². The number of pyridine rings is 1. The third-order valence-corrected chi connectivity index (χ3v) is 3.78. The molecule has 3 rings (SSSR count). The topological polar surface area (TPSA) is 30.0 Å². The Bertz CT molecular complexity index is 691. The van der Waals surface area contributed by atoms with E-state index in [1.165, 1.54) is 0 Å². The number of carbonyl (C=O) groups excluding carboxylic acids is 1. The van der Waals surface area contributed by atoms with Crippen LogP contribution < -0.4 is 0 Å². The van der Waals surface area contributed by atoms with Crippen LogP contribution in [-0.2, 0) is 6.42 Å². The summed E-state index contributed by atoms with van der Waals surface area (Å²) in [6.07, 6.45) is 3.81. The summed E-state index contributed by atoms with van der Waals surface area (Å²) in [5.74, 6) is -5.22. The molecule has 0 saturated heterocycles. The van der Waals surface area contributed by atoms with Crippen LogP contribution in [0.15, 0.2) is 30.5 Å². The summed E-state index contributed by atoms with van der Waals surface area (Å²) in [5, 5.41) is 0. The fraction of sp³-hybridized carbons (Fsp3) is 0.250. The van der Waals surface area contributed by atoms with E-state index >= 15 is 0 Å². The van der Waals surface area contributed by atoms with E-state index in [0.29, 0.717) is 12.1 Å². The SMILES string of the molecule is O=C(c1cc(F)c(F)c(F)c1)C1CCCc2cccnc21. The molecule has 108 valence electrons. The zero-order chi connectivity index (χ0) is 15.0. The van der Waals surface area contributed by atoms with Crippen molar-refractivity contribution in [2.24, 2.45) is 0 Å². The fourth-order valence-electron chi connectivity index (χ4n) is 2.76. The number of aromatic nitrogens is 1. The van der Waals surface area contributed by atoms with Crippen LogP contribution in [0.5, 0.6) is 0 Å². The molecule has 5 heteroatoms. The van der Waals surface area contributed by atoms with Crippen molar-refractivity contribution in [1.82, 2.24) is 4.98 Å². The van der Waals surface area contributed by atoms with Gasteiger partial charge in [-0.05, 0) is 43.0 Å². The second-order valence-corrected chi connectivity index (χ2v) is 5.11. The number of rotatable bonds is 2. The molecular weight excluding hydrogens is 279 g/mol. The lowest BCUT2D eigenvalue weighted by Gasteiger charge is -2.23. The predicted molar refractivity (Wildman–Crippen MR) is 70.6 cm³/mol. The Morgan fingerprint density at radius 2 is 1.90 bits per heavy atom. The van der Waals surface area contributed by atoms with Gasteiger partial charge in [0, 0.05) is 11.8 Å². The molecule has 1 heterocycles. The molecular formula is C16H12F3NO. The van der Waals surface area contributed by atoms with Gasteiger partial charge in [0.2, 0.25) is 0 Å². The minimum absolute atomic E-state index is 0.157. The molecule has 0 radical (unpaired) electrons. The minimum Gasteiger partial charge on any atom is -0.293 e. The number of hydrogen-bond acceptors (Lipinski definition) is 2. The average molecular weight is 291 g/mol. The molecule has 1 atom stereocenters. The first-order valence-corrected chi connectivity index (χ1v) is 6.70. The zero-order valence-corrected chi connectivity index (χ0v) is 11.1. The van der Waals surface area contributed by atoms with E-state index in [9.17, 15) is 18.0 Å². The van der Waals surface area contributed by atoms with Crippen LogP contribution in [0.4, 0.5) is 13.2 Å². The van der Waals surface area contributed by atoms with E-state index in [1.807, 2.05) is 6.07 Å². The normalized spacial score (nSPS) is 17.4. The van der Waals surface area contributed by atoms with Gasteiger partial charge in [0.05, 0.1) is 11.6 Å². The number of fused-ring (bicyclic) bond motifs is 1. The van der Waals surface area contributed by atoms with Gasteiger partial charge in [-0.25, -0.2) is 13.2 Å². The van der Waals surface area contributed by atoms with Crippen molar-refractivity contribution >= 4 is 5.78 Å². The van der Waals surface area contributed by atoms with Crippen LogP contribution in [0.2, 0.25) is 0 Å². The maximum Gasteiger partial charge on any atom is 0.194 e. The van der Waals surface area contributed by atoms with Gasteiger partial charge in [0.15, 0.2) is 23.2 Å². The van der Waals surface area contributed by atoms with Gasteiger partial charge in [-0.15, -0.1) is 0 Å². The molecule has 0 fully saturated rings. The maximum absolute atomic E-state index is 13.3. The quantitative estimate of drug-likeness (QED) is 0.622. The van der Waals surface area contributed by atoms with Gasteiger partial charge in [-0.1, -0.05) is 6.07 Å². The first-order valence-electron chi connectivity index (χ1n) is 6.70. The molecule has 21 heavy (non-hydrogen) atoms. The number of Topliss-reactive ketones (excluding diaryl/α,β-unsaturated/α-hetero) is 1. The van der Waals surface area contributed by atoms with Gasteiger partial charge >= 0.3 is 0 Å². The van der Waals surface area contributed by atoms with Gasteiger partial charge in [0.1, 0.15) is 0 Å². The molecule has 1 aliphatic rings. The standard InChI is InChI=1S/C16H12F3NO/c17-12-7-10(8-13(18)14(12)19)16(21)11-5-1-3-9-4-2-6-20-15(9)11/h2,4,6-8,11H,1,3,5H2. The summed E-state index contributed by atoms with van der Waals surface area (Å²) >= 11 is 0. The van der Waals surface area contributed by atoms with Crippen LogP contribution >= 0.6 is 0 Å². The van der Waals surface area contributed by atoms with Crippen LogP contribution in [0, 0.1) is 17.5 Å². The lowest BCUT2D eigenvalue weighted by Crippen LogP contribution is -2.20. The van der Waals surface area contributed by atoms with Crippen LogP contribution in [0.3, 0.4) is 0 Å². The summed E-state index contributed by atoms with van der Waals surface area (Å²) in [5.41, 5.74) is 1.47. The fourth-order valence-corrected chi connectivity index (χ4v) is 2.76. The highest BCUT2D eigenvalue weighted by atomic mass is 19.2. The molecule has 0 N–H and O–H groups in total. The monoisotopic (exact) mass is 291 g/mol. The Morgan fingerprint density at radius 1 is 1.19 bits per heavy atom. The van der Waals surface area contributed by atoms with Gasteiger partial charge < -0.3 is 0 Å². The number of aryl methyl sites for hydroxylation is 1. The molecule has 1 aromatic carbocycles. The zero-order valence-electron chi connectivity index (χ0n) is 11.1. The molecule has 0 spiro atoms. The molecule has 0 saturated carbocycles.